The largest absolute Gasteiger partial charge is 0.378 e. The van der Waals surface area contributed by atoms with E-state index in [1.807, 2.05) is 0 Å². The summed E-state index contributed by atoms with van der Waals surface area (Å²) in [7, 11) is 0. The van der Waals surface area contributed by atoms with Crippen molar-refractivity contribution in [1.29, 1.82) is 0 Å². The Kier molecular flexibility index (Phi) is 4.94. The van der Waals surface area contributed by atoms with Gasteiger partial charge in [-0.15, -0.1) is 0 Å². The number of nitrogens with one attached hydrogen (secondary N) is 2. The maximum atomic E-state index is 12.3. The number of rotatable bonds is 5. The highest BCUT2D eigenvalue weighted by atomic mass is 16.5. The predicted molar refractivity (Wildman–Crippen MR) is 106 cm³/mol. The molecule has 152 valence electrons. The van der Waals surface area contributed by atoms with E-state index in [1.54, 1.807) is 31.5 Å². The SMILES string of the molecule is CC(=O)N[C@H]1C(C)(C)[C@@H]2C[C@@H]3[C@@H](CCNC(=O)c4ccncc4)OCCC31C2. The van der Waals surface area contributed by atoms with E-state index >= 15 is 0 Å². The third-order valence-corrected chi connectivity index (χ3v) is 7.63. The van der Waals surface area contributed by atoms with Crippen LogP contribution in [-0.4, -0.2) is 42.1 Å². The molecule has 2 amide bonds. The lowest BCUT2D eigenvalue weighted by atomic mass is 9.59. The summed E-state index contributed by atoms with van der Waals surface area (Å²) >= 11 is 0. The first kappa shape index (κ1) is 19.4. The molecule has 6 nitrogen and oxygen atoms in total. The zero-order chi connectivity index (χ0) is 19.9. The number of aromatic nitrogens is 1. The van der Waals surface area contributed by atoms with E-state index in [4.69, 9.17) is 4.74 Å². The number of carbonyl (C=O) groups excluding carboxylic acids is 2. The molecule has 1 aromatic heterocycles. The van der Waals surface area contributed by atoms with Crippen molar-refractivity contribution in [3.63, 3.8) is 0 Å². The topological polar surface area (TPSA) is 80.3 Å². The van der Waals surface area contributed by atoms with Gasteiger partial charge in [0.2, 0.25) is 5.91 Å². The number of hydrogen-bond donors (Lipinski definition) is 2. The van der Waals surface area contributed by atoms with Crippen molar-refractivity contribution in [2.45, 2.75) is 58.6 Å². The highest BCUT2D eigenvalue weighted by Gasteiger charge is 2.68. The van der Waals surface area contributed by atoms with Gasteiger partial charge in [0.1, 0.15) is 0 Å². The first-order chi connectivity index (χ1) is 13.3. The minimum atomic E-state index is -0.0712. The molecule has 1 aliphatic heterocycles. The van der Waals surface area contributed by atoms with E-state index in [1.165, 1.54) is 6.42 Å². The van der Waals surface area contributed by atoms with Crippen LogP contribution in [0.4, 0.5) is 0 Å². The highest BCUT2D eigenvalue weighted by molar-refractivity contribution is 5.93. The minimum Gasteiger partial charge on any atom is -0.378 e. The molecule has 1 aromatic rings. The van der Waals surface area contributed by atoms with Gasteiger partial charge in [-0.2, -0.15) is 0 Å². The molecule has 2 N–H and O–H groups in total. The Morgan fingerprint density at radius 1 is 1.29 bits per heavy atom. The molecule has 28 heavy (non-hydrogen) atoms. The molecule has 2 aliphatic carbocycles. The van der Waals surface area contributed by atoms with Crippen LogP contribution in [-0.2, 0) is 9.53 Å². The molecule has 1 unspecified atom stereocenters. The Bertz CT molecular complexity index is 751. The number of hydrogen-bond acceptors (Lipinski definition) is 4. The van der Waals surface area contributed by atoms with Crippen LogP contribution in [0.3, 0.4) is 0 Å². The van der Waals surface area contributed by atoms with Crippen LogP contribution in [0.1, 0.15) is 56.8 Å². The lowest BCUT2D eigenvalue weighted by molar-refractivity contribution is -0.135. The van der Waals surface area contributed by atoms with E-state index in [0.29, 0.717) is 23.9 Å². The van der Waals surface area contributed by atoms with Crippen LogP contribution in [0, 0.1) is 22.7 Å². The van der Waals surface area contributed by atoms with Crippen molar-refractivity contribution < 1.29 is 14.3 Å². The molecule has 1 saturated heterocycles. The number of amides is 2. The van der Waals surface area contributed by atoms with Gasteiger partial charge in [-0.25, -0.2) is 0 Å². The summed E-state index contributed by atoms with van der Waals surface area (Å²) < 4.78 is 6.17. The molecule has 3 fully saturated rings. The molecule has 5 atom stereocenters. The molecular weight excluding hydrogens is 354 g/mol. The van der Waals surface area contributed by atoms with E-state index in [9.17, 15) is 9.59 Å². The van der Waals surface area contributed by atoms with Gasteiger partial charge in [0.05, 0.1) is 6.10 Å². The Hall–Kier alpha value is -1.95. The van der Waals surface area contributed by atoms with Gasteiger partial charge < -0.3 is 15.4 Å². The van der Waals surface area contributed by atoms with Crippen LogP contribution in [0.25, 0.3) is 0 Å². The first-order valence-corrected chi connectivity index (χ1v) is 10.4. The molecule has 1 spiro atoms. The van der Waals surface area contributed by atoms with Crippen molar-refractivity contribution in [2.24, 2.45) is 22.7 Å². The Balaban J connectivity index is 1.42. The number of ether oxygens (including phenoxy) is 1. The fourth-order valence-corrected chi connectivity index (χ4v) is 6.33. The average Bonchev–Trinajstić information content (AvgIpc) is 3.16. The summed E-state index contributed by atoms with van der Waals surface area (Å²) in [6, 6.07) is 3.65. The Morgan fingerprint density at radius 3 is 2.75 bits per heavy atom. The third-order valence-electron chi connectivity index (χ3n) is 7.63. The van der Waals surface area contributed by atoms with Gasteiger partial charge in [0.15, 0.2) is 0 Å². The average molecular weight is 386 g/mol. The maximum Gasteiger partial charge on any atom is 0.251 e. The van der Waals surface area contributed by atoms with Gasteiger partial charge in [-0.1, -0.05) is 13.8 Å². The molecular formula is C22H31N3O3. The predicted octanol–water partition coefficient (Wildman–Crippen LogP) is 2.55. The molecule has 4 rings (SSSR count). The summed E-state index contributed by atoms with van der Waals surface area (Å²) in [5.41, 5.74) is 0.890. The summed E-state index contributed by atoms with van der Waals surface area (Å²) in [4.78, 5) is 28.1. The molecule has 2 saturated carbocycles. The Labute approximate surface area is 166 Å². The number of fused-ring (bicyclic) bond motifs is 1. The quantitative estimate of drug-likeness (QED) is 0.816. The first-order valence-electron chi connectivity index (χ1n) is 10.4. The second-order valence-electron chi connectivity index (χ2n) is 9.37. The zero-order valence-electron chi connectivity index (χ0n) is 17.0. The molecule has 0 radical (unpaired) electrons. The molecule has 3 aliphatic rings. The van der Waals surface area contributed by atoms with Crippen molar-refractivity contribution >= 4 is 11.8 Å². The van der Waals surface area contributed by atoms with Crippen LogP contribution in [0.15, 0.2) is 24.5 Å². The lowest BCUT2D eigenvalue weighted by Gasteiger charge is -2.53. The second-order valence-corrected chi connectivity index (χ2v) is 9.37. The number of pyridine rings is 1. The summed E-state index contributed by atoms with van der Waals surface area (Å²) in [5.74, 6) is 1.06. The zero-order valence-corrected chi connectivity index (χ0v) is 17.0. The van der Waals surface area contributed by atoms with Crippen LogP contribution < -0.4 is 10.6 Å². The molecule has 2 bridgehead atoms. The highest BCUT2D eigenvalue weighted by Crippen LogP contribution is 2.68. The lowest BCUT2D eigenvalue weighted by Crippen LogP contribution is -2.60. The van der Waals surface area contributed by atoms with Crippen LogP contribution in [0.5, 0.6) is 0 Å². The van der Waals surface area contributed by atoms with Crippen LogP contribution >= 0.6 is 0 Å². The fraction of sp³-hybridized carbons (Fsp3) is 0.682. The Morgan fingerprint density at radius 2 is 2.04 bits per heavy atom. The smallest absolute Gasteiger partial charge is 0.251 e. The van der Waals surface area contributed by atoms with E-state index in [-0.39, 0.29) is 34.8 Å². The van der Waals surface area contributed by atoms with Gasteiger partial charge in [-0.05, 0) is 60.5 Å². The van der Waals surface area contributed by atoms with E-state index in [0.717, 1.165) is 25.9 Å². The maximum absolute atomic E-state index is 12.3. The summed E-state index contributed by atoms with van der Waals surface area (Å²) in [5, 5.41) is 6.31. The second kappa shape index (κ2) is 7.14. The third kappa shape index (κ3) is 3.11. The monoisotopic (exact) mass is 385 g/mol. The normalized spacial score (nSPS) is 35.2. The van der Waals surface area contributed by atoms with Gasteiger partial charge in [-0.3, -0.25) is 14.6 Å². The number of carbonyl (C=O) groups is 2. The van der Waals surface area contributed by atoms with Crippen LogP contribution in [0.2, 0.25) is 0 Å². The molecule has 6 heteroatoms. The van der Waals surface area contributed by atoms with E-state index < -0.39 is 0 Å². The van der Waals surface area contributed by atoms with Gasteiger partial charge in [0.25, 0.3) is 5.91 Å². The summed E-state index contributed by atoms with van der Waals surface area (Å²) in [6.45, 7) is 7.57. The molecule has 0 aromatic carbocycles. The number of nitrogens with zero attached hydrogens (tertiary/aromatic N) is 1. The van der Waals surface area contributed by atoms with Crippen molar-refractivity contribution in [3.8, 4) is 0 Å². The van der Waals surface area contributed by atoms with Crippen molar-refractivity contribution in [2.75, 3.05) is 13.2 Å². The van der Waals surface area contributed by atoms with Gasteiger partial charge in [0, 0.05) is 44.1 Å². The fourth-order valence-electron chi connectivity index (χ4n) is 6.33. The van der Waals surface area contributed by atoms with Crippen molar-refractivity contribution in [1.82, 2.24) is 15.6 Å². The molecule has 2 heterocycles. The van der Waals surface area contributed by atoms with Crippen molar-refractivity contribution in [3.05, 3.63) is 30.1 Å². The van der Waals surface area contributed by atoms with E-state index in [2.05, 4.69) is 29.5 Å². The minimum absolute atomic E-state index is 0.0615. The summed E-state index contributed by atoms with van der Waals surface area (Å²) in [6.07, 6.45) is 7.56. The standard InChI is InChI=1S/C22H31N3O3/c1-14(26)25-20-21(2,3)16-12-17-18(28-11-7-22(17,20)13-16)6-10-24-19(27)15-4-8-23-9-5-15/h4-5,8-9,16-18,20H,6-7,10-13H2,1-3H3,(H,24,27)(H,25,26)/t16-,17-,18-,20+,22?/m1/s1. The van der Waals surface area contributed by atoms with Gasteiger partial charge >= 0.3 is 0 Å².